The lowest BCUT2D eigenvalue weighted by Gasteiger charge is -2.12. The van der Waals surface area contributed by atoms with Crippen LogP contribution in [0.5, 0.6) is 11.5 Å². The highest BCUT2D eigenvalue weighted by Gasteiger charge is 2.09. The van der Waals surface area contributed by atoms with Gasteiger partial charge in [-0.15, -0.1) is 0 Å². The number of hydrazine groups is 1. The summed E-state index contributed by atoms with van der Waals surface area (Å²) in [6, 6.07) is 9.49. The predicted octanol–water partition coefficient (Wildman–Crippen LogP) is 4.56. The van der Waals surface area contributed by atoms with E-state index in [4.69, 9.17) is 68.1 Å². The third-order valence-corrected chi connectivity index (χ3v) is 4.79. The molecule has 0 aliphatic carbocycles. The molecule has 0 spiro atoms. The van der Waals surface area contributed by atoms with Crippen molar-refractivity contribution in [1.29, 1.82) is 0 Å². The van der Waals surface area contributed by atoms with Crippen molar-refractivity contribution in [3.63, 3.8) is 0 Å². The minimum atomic E-state index is -0.532. The average Bonchev–Trinajstić information content (AvgIpc) is 2.70. The molecular formula is C19H17Cl4N3O4S. The van der Waals surface area contributed by atoms with Crippen LogP contribution in [0.15, 0.2) is 36.4 Å². The first-order valence-corrected chi connectivity index (χ1v) is 10.7. The second kappa shape index (κ2) is 12.8. The number of rotatable bonds is 8. The SMILES string of the molecule is O=C(COc1ccc(Cl)cc1Cl)NNC(=S)NC(=O)CCCOc1ccc(Cl)cc1Cl. The lowest BCUT2D eigenvalue weighted by atomic mass is 10.3. The third-order valence-electron chi connectivity index (χ3n) is 3.52. The molecule has 2 aromatic rings. The normalized spacial score (nSPS) is 10.2. The van der Waals surface area contributed by atoms with E-state index in [0.717, 1.165) is 0 Å². The molecule has 7 nitrogen and oxygen atoms in total. The lowest BCUT2D eigenvalue weighted by Crippen LogP contribution is -2.49. The first kappa shape index (κ1) is 25.3. The highest BCUT2D eigenvalue weighted by molar-refractivity contribution is 7.80. The largest absolute Gasteiger partial charge is 0.492 e. The number of amides is 2. The van der Waals surface area contributed by atoms with Gasteiger partial charge in [0.2, 0.25) is 5.91 Å². The van der Waals surface area contributed by atoms with E-state index in [-0.39, 0.29) is 35.7 Å². The average molecular weight is 525 g/mol. The van der Waals surface area contributed by atoms with Crippen molar-refractivity contribution >= 4 is 75.5 Å². The van der Waals surface area contributed by atoms with Gasteiger partial charge in [-0.05, 0) is 55.0 Å². The number of hydrogen-bond acceptors (Lipinski definition) is 5. The van der Waals surface area contributed by atoms with Crippen molar-refractivity contribution in [1.82, 2.24) is 16.2 Å². The molecule has 2 rings (SSSR count). The zero-order chi connectivity index (χ0) is 22.8. The van der Waals surface area contributed by atoms with Crippen LogP contribution < -0.4 is 25.6 Å². The first-order valence-electron chi connectivity index (χ1n) is 8.79. The van der Waals surface area contributed by atoms with Crippen molar-refractivity contribution in [3.8, 4) is 11.5 Å². The molecule has 0 aliphatic rings. The summed E-state index contributed by atoms with van der Waals surface area (Å²) in [6.07, 6.45) is 0.578. The van der Waals surface area contributed by atoms with Crippen LogP contribution in [0.25, 0.3) is 0 Å². The van der Waals surface area contributed by atoms with Crippen LogP contribution in [0.2, 0.25) is 20.1 Å². The number of benzene rings is 2. The summed E-state index contributed by atoms with van der Waals surface area (Å²) in [5.74, 6) is -0.0923. The molecule has 0 unspecified atom stereocenters. The summed E-state index contributed by atoms with van der Waals surface area (Å²) in [5.41, 5.74) is 4.71. The zero-order valence-corrected chi connectivity index (χ0v) is 19.7. The van der Waals surface area contributed by atoms with Gasteiger partial charge < -0.3 is 14.8 Å². The van der Waals surface area contributed by atoms with E-state index < -0.39 is 5.91 Å². The topological polar surface area (TPSA) is 88.7 Å². The molecule has 0 aliphatic heterocycles. The van der Waals surface area contributed by atoms with Crippen molar-refractivity contribution in [3.05, 3.63) is 56.5 Å². The molecular weight excluding hydrogens is 508 g/mol. The Morgan fingerprint density at radius 3 is 2.00 bits per heavy atom. The number of carbonyl (C=O) groups excluding carboxylic acids is 2. The number of ether oxygens (including phenoxy) is 2. The molecule has 12 heteroatoms. The van der Waals surface area contributed by atoms with E-state index in [1.54, 1.807) is 30.3 Å². The van der Waals surface area contributed by atoms with Crippen molar-refractivity contribution in [2.75, 3.05) is 13.2 Å². The third kappa shape index (κ3) is 9.37. The second-order valence-corrected chi connectivity index (χ2v) is 8.04. The molecule has 2 amide bonds. The van der Waals surface area contributed by atoms with Crippen LogP contribution in [0.1, 0.15) is 12.8 Å². The van der Waals surface area contributed by atoms with E-state index in [2.05, 4.69) is 16.2 Å². The Morgan fingerprint density at radius 2 is 1.42 bits per heavy atom. The van der Waals surface area contributed by atoms with Crippen LogP contribution in [-0.2, 0) is 9.59 Å². The summed E-state index contributed by atoms with van der Waals surface area (Å²) in [5, 5.41) is 3.99. The zero-order valence-electron chi connectivity index (χ0n) is 15.8. The fraction of sp³-hybridized carbons (Fsp3) is 0.211. The van der Waals surface area contributed by atoms with E-state index in [1.807, 2.05) is 0 Å². The molecule has 0 heterocycles. The summed E-state index contributed by atoms with van der Waals surface area (Å²) in [6.45, 7) is -0.0498. The second-order valence-electron chi connectivity index (χ2n) is 5.94. The molecule has 0 saturated heterocycles. The molecule has 2 aromatic carbocycles. The number of hydrogen-bond donors (Lipinski definition) is 3. The van der Waals surface area contributed by atoms with E-state index >= 15 is 0 Å². The van der Waals surface area contributed by atoms with E-state index in [0.29, 0.717) is 33.0 Å². The maximum atomic E-state index is 11.9. The lowest BCUT2D eigenvalue weighted by molar-refractivity contribution is -0.124. The number of nitrogens with one attached hydrogen (secondary N) is 3. The molecule has 3 N–H and O–H groups in total. The number of thiocarbonyl (C=S) groups is 1. The predicted molar refractivity (Wildman–Crippen MR) is 125 cm³/mol. The Kier molecular flexibility index (Phi) is 10.4. The maximum Gasteiger partial charge on any atom is 0.276 e. The monoisotopic (exact) mass is 523 g/mol. The smallest absolute Gasteiger partial charge is 0.276 e. The van der Waals surface area contributed by atoms with Gasteiger partial charge >= 0.3 is 0 Å². The minimum Gasteiger partial charge on any atom is -0.492 e. The highest BCUT2D eigenvalue weighted by Crippen LogP contribution is 2.28. The van der Waals surface area contributed by atoms with Crippen LogP contribution in [-0.4, -0.2) is 30.1 Å². The summed E-state index contributed by atoms with van der Waals surface area (Å²) in [4.78, 5) is 23.7. The fourth-order valence-electron chi connectivity index (χ4n) is 2.13. The van der Waals surface area contributed by atoms with Crippen molar-refractivity contribution in [2.24, 2.45) is 0 Å². The highest BCUT2D eigenvalue weighted by atomic mass is 35.5. The van der Waals surface area contributed by atoms with Crippen LogP contribution in [0.4, 0.5) is 0 Å². The molecule has 166 valence electrons. The Bertz CT molecular complexity index is 962. The van der Waals surface area contributed by atoms with Gasteiger partial charge in [-0.3, -0.25) is 20.4 Å². The van der Waals surface area contributed by atoms with Gasteiger partial charge in [-0.25, -0.2) is 0 Å². The van der Waals surface area contributed by atoms with Crippen molar-refractivity contribution < 1.29 is 19.1 Å². The van der Waals surface area contributed by atoms with E-state index in [1.165, 1.54) is 6.07 Å². The van der Waals surface area contributed by atoms with Crippen molar-refractivity contribution in [2.45, 2.75) is 12.8 Å². The van der Waals surface area contributed by atoms with Gasteiger partial charge in [0, 0.05) is 16.5 Å². The van der Waals surface area contributed by atoms with Gasteiger partial charge in [-0.2, -0.15) is 0 Å². The molecule has 0 atom stereocenters. The Labute approximate surface area is 204 Å². The summed E-state index contributed by atoms with van der Waals surface area (Å²) < 4.78 is 10.8. The van der Waals surface area contributed by atoms with E-state index in [9.17, 15) is 9.59 Å². The molecule has 0 radical (unpaired) electrons. The Morgan fingerprint density at radius 1 is 0.839 bits per heavy atom. The van der Waals surface area contributed by atoms with Crippen LogP contribution in [0.3, 0.4) is 0 Å². The number of carbonyl (C=O) groups is 2. The molecule has 0 bridgehead atoms. The molecule has 31 heavy (non-hydrogen) atoms. The molecule has 0 saturated carbocycles. The first-order chi connectivity index (χ1) is 14.7. The standard InChI is InChI=1S/C19H17Cl4N3O4S/c20-11-3-5-15(13(22)8-11)29-7-1-2-17(27)24-19(31)26-25-18(28)10-30-16-6-4-12(21)9-14(16)23/h3-6,8-9H,1-2,7,10H2,(H,25,28)(H2,24,26,27,31). The Hall–Kier alpha value is -1.97. The minimum absolute atomic E-state index is 0.0652. The maximum absolute atomic E-state index is 11.9. The quantitative estimate of drug-likeness (QED) is 0.266. The van der Waals surface area contributed by atoms with Gasteiger partial charge in [0.15, 0.2) is 11.7 Å². The van der Waals surface area contributed by atoms with Crippen LogP contribution in [0, 0.1) is 0 Å². The molecule has 0 aromatic heterocycles. The van der Waals surface area contributed by atoms with Gasteiger partial charge in [0.25, 0.3) is 5.91 Å². The van der Waals surface area contributed by atoms with Gasteiger partial charge in [-0.1, -0.05) is 46.4 Å². The fourth-order valence-corrected chi connectivity index (χ4v) is 3.22. The Balaban J connectivity index is 1.60. The van der Waals surface area contributed by atoms with Gasteiger partial charge in [0.05, 0.1) is 16.7 Å². The van der Waals surface area contributed by atoms with Gasteiger partial charge in [0.1, 0.15) is 11.5 Å². The number of halogens is 4. The molecule has 0 fully saturated rings. The summed E-state index contributed by atoms with van der Waals surface area (Å²) >= 11 is 28.5. The van der Waals surface area contributed by atoms with Crippen LogP contribution >= 0.6 is 58.6 Å². The summed E-state index contributed by atoms with van der Waals surface area (Å²) in [7, 11) is 0.